The first kappa shape index (κ1) is 12.6. The van der Waals surface area contributed by atoms with Gasteiger partial charge in [0.1, 0.15) is 0 Å². The lowest BCUT2D eigenvalue weighted by molar-refractivity contribution is 0.0627. The second-order valence-corrected chi connectivity index (χ2v) is 5.25. The van der Waals surface area contributed by atoms with Crippen molar-refractivity contribution in [2.75, 3.05) is 13.2 Å². The molecule has 0 unspecified atom stereocenters. The zero-order valence-electron chi connectivity index (χ0n) is 9.96. The standard InChI is InChI=1S/C12H21NO4/c14-7-11-10(5-6-13(11)12(16)17)8-1-3-9(15)4-2-8/h8-11,14-15H,1-7H2,(H,16,17)/t8?,9?,10-,11+/m1/s1. The lowest BCUT2D eigenvalue weighted by Crippen LogP contribution is -2.42. The maximum atomic E-state index is 11.0. The molecule has 2 fully saturated rings. The number of aliphatic hydroxyl groups excluding tert-OH is 2. The molecule has 0 aromatic rings. The average molecular weight is 243 g/mol. The Morgan fingerprint density at radius 2 is 1.82 bits per heavy atom. The molecule has 0 bridgehead atoms. The van der Waals surface area contributed by atoms with Crippen LogP contribution in [0.5, 0.6) is 0 Å². The summed E-state index contributed by atoms with van der Waals surface area (Å²) in [6.07, 6.45) is 3.26. The summed E-state index contributed by atoms with van der Waals surface area (Å²) in [6, 6.07) is -0.243. The van der Waals surface area contributed by atoms with Gasteiger partial charge >= 0.3 is 6.09 Å². The molecule has 2 rings (SSSR count). The largest absolute Gasteiger partial charge is 0.465 e. The van der Waals surface area contributed by atoms with Crippen molar-refractivity contribution < 1.29 is 20.1 Å². The minimum atomic E-state index is -0.928. The third kappa shape index (κ3) is 2.55. The van der Waals surface area contributed by atoms with Crippen molar-refractivity contribution in [3.63, 3.8) is 0 Å². The molecule has 0 aromatic carbocycles. The molecule has 5 heteroatoms. The Morgan fingerprint density at radius 1 is 1.18 bits per heavy atom. The molecule has 1 heterocycles. The molecule has 0 aromatic heterocycles. The van der Waals surface area contributed by atoms with Crippen LogP contribution in [0.25, 0.3) is 0 Å². The highest BCUT2D eigenvalue weighted by molar-refractivity contribution is 5.66. The van der Waals surface area contributed by atoms with Crippen molar-refractivity contribution in [1.29, 1.82) is 0 Å². The molecule has 0 radical (unpaired) electrons. The number of nitrogens with zero attached hydrogens (tertiary/aromatic N) is 1. The number of aliphatic hydroxyl groups is 2. The quantitative estimate of drug-likeness (QED) is 0.673. The summed E-state index contributed by atoms with van der Waals surface area (Å²) in [5.41, 5.74) is 0. The molecule has 1 amide bonds. The Morgan fingerprint density at radius 3 is 2.35 bits per heavy atom. The molecule has 2 aliphatic rings. The number of hydrogen-bond acceptors (Lipinski definition) is 3. The van der Waals surface area contributed by atoms with Gasteiger partial charge in [-0.1, -0.05) is 0 Å². The molecule has 2 atom stereocenters. The number of hydrogen-bond donors (Lipinski definition) is 3. The second-order valence-electron chi connectivity index (χ2n) is 5.25. The van der Waals surface area contributed by atoms with E-state index in [2.05, 4.69) is 0 Å². The monoisotopic (exact) mass is 243 g/mol. The van der Waals surface area contributed by atoms with Crippen molar-refractivity contribution in [2.45, 2.75) is 44.2 Å². The van der Waals surface area contributed by atoms with Gasteiger partial charge in [-0.15, -0.1) is 0 Å². The smallest absolute Gasteiger partial charge is 0.407 e. The minimum Gasteiger partial charge on any atom is -0.465 e. The highest BCUT2D eigenvalue weighted by Gasteiger charge is 2.41. The molecule has 98 valence electrons. The number of carbonyl (C=O) groups is 1. The van der Waals surface area contributed by atoms with Gasteiger partial charge in [0.15, 0.2) is 0 Å². The Bertz CT molecular complexity index is 276. The third-order valence-corrected chi connectivity index (χ3v) is 4.38. The van der Waals surface area contributed by atoms with Crippen LogP contribution in [-0.2, 0) is 0 Å². The predicted octanol–water partition coefficient (Wildman–Crippen LogP) is 0.898. The van der Waals surface area contributed by atoms with Gasteiger partial charge < -0.3 is 20.2 Å². The summed E-state index contributed by atoms with van der Waals surface area (Å²) in [7, 11) is 0. The fourth-order valence-electron chi connectivity index (χ4n) is 3.43. The van der Waals surface area contributed by atoms with Crippen LogP contribution >= 0.6 is 0 Å². The topological polar surface area (TPSA) is 81.0 Å². The molecule has 1 aliphatic carbocycles. The summed E-state index contributed by atoms with van der Waals surface area (Å²) in [5.74, 6) is 0.725. The van der Waals surface area contributed by atoms with E-state index in [-0.39, 0.29) is 24.7 Å². The lowest BCUT2D eigenvalue weighted by Gasteiger charge is -2.33. The Kier molecular flexibility index (Phi) is 3.89. The zero-order chi connectivity index (χ0) is 12.4. The highest BCUT2D eigenvalue weighted by atomic mass is 16.4. The van der Waals surface area contributed by atoms with Gasteiger partial charge in [0.05, 0.1) is 18.8 Å². The first-order chi connectivity index (χ1) is 8.13. The molecule has 1 aliphatic heterocycles. The summed E-state index contributed by atoms with van der Waals surface area (Å²) >= 11 is 0. The van der Waals surface area contributed by atoms with E-state index in [0.29, 0.717) is 12.5 Å². The third-order valence-electron chi connectivity index (χ3n) is 4.38. The fraction of sp³-hybridized carbons (Fsp3) is 0.917. The molecule has 1 saturated heterocycles. The van der Waals surface area contributed by atoms with E-state index in [0.717, 1.165) is 32.1 Å². The molecule has 0 spiro atoms. The maximum Gasteiger partial charge on any atom is 0.407 e. The lowest BCUT2D eigenvalue weighted by atomic mass is 9.76. The number of rotatable bonds is 2. The van der Waals surface area contributed by atoms with Crippen molar-refractivity contribution in [3.8, 4) is 0 Å². The minimum absolute atomic E-state index is 0.0873. The molecule has 1 saturated carbocycles. The Hall–Kier alpha value is -0.810. The van der Waals surface area contributed by atoms with E-state index in [4.69, 9.17) is 5.11 Å². The van der Waals surface area contributed by atoms with Crippen LogP contribution in [0.1, 0.15) is 32.1 Å². The summed E-state index contributed by atoms with van der Waals surface area (Å²) < 4.78 is 0. The molecule has 5 nitrogen and oxygen atoms in total. The van der Waals surface area contributed by atoms with E-state index >= 15 is 0 Å². The van der Waals surface area contributed by atoms with Gasteiger partial charge in [0, 0.05) is 6.54 Å². The van der Waals surface area contributed by atoms with E-state index < -0.39 is 6.09 Å². The summed E-state index contributed by atoms with van der Waals surface area (Å²) in [5, 5.41) is 27.9. The van der Waals surface area contributed by atoms with Crippen molar-refractivity contribution >= 4 is 6.09 Å². The fourth-order valence-corrected chi connectivity index (χ4v) is 3.43. The van der Waals surface area contributed by atoms with Crippen molar-refractivity contribution in [2.24, 2.45) is 11.8 Å². The molecular weight excluding hydrogens is 222 g/mol. The van der Waals surface area contributed by atoms with E-state index in [1.807, 2.05) is 0 Å². The highest BCUT2D eigenvalue weighted by Crippen LogP contribution is 2.38. The molecule has 3 N–H and O–H groups in total. The van der Waals surface area contributed by atoms with E-state index in [9.17, 15) is 15.0 Å². The predicted molar refractivity (Wildman–Crippen MR) is 61.7 cm³/mol. The van der Waals surface area contributed by atoms with E-state index in [1.54, 1.807) is 0 Å². The number of amides is 1. The van der Waals surface area contributed by atoms with Crippen LogP contribution in [-0.4, -0.2) is 51.6 Å². The van der Waals surface area contributed by atoms with Crippen molar-refractivity contribution in [1.82, 2.24) is 4.90 Å². The summed E-state index contributed by atoms with van der Waals surface area (Å²) in [6.45, 7) is 0.445. The SMILES string of the molecule is O=C(O)N1CC[C@H](C2CCC(O)CC2)[C@@H]1CO. The Balaban J connectivity index is 1.99. The van der Waals surface area contributed by atoms with Gasteiger partial charge in [0.25, 0.3) is 0 Å². The van der Waals surface area contributed by atoms with Crippen LogP contribution in [0.4, 0.5) is 4.79 Å². The van der Waals surface area contributed by atoms with Crippen LogP contribution < -0.4 is 0 Å². The van der Waals surface area contributed by atoms with Gasteiger partial charge in [-0.2, -0.15) is 0 Å². The van der Waals surface area contributed by atoms with Crippen LogP contribution in [0.3, 0.4) is 0 Å². The number of carboxylic acid groups (broad SMARTS) is 1. The Labute approximate surface area is 101 Å². The van der Waals surface area contributed by atoms with Crippen LogP contribution in [0.2, 0.25) is 0 Å². The maximum absolute atomic E-state index is 11.0. The average Bonchev–Trinajstić information content (AvgIpc) is 2.73. The van der Waals surface area contributed by atoms with Gasteiger partial charge in [-0.25, -0.2) is 4.79 Å². The molecule has 17 heavy (non-hydrogen) atoms. The van der Waals surface area contributed by atoms with E-state index in [1.165, 1.54) is 4.90 Å². The zero-order valence-corrected chi connectivity index (χ0v) is 9.96. The van der Waals surface area contributed by atoms with Crippen molar-refractivity contribution in [3.05, 3.63) is 0 Å². The van der Waals surface area contributed by atoms with Gasteiger partial charge in [-0.3, -0.25) is 0 Å². The molecular formula is C12H21NO4. The summed E-state index contributed by atoms with van der Waals surface area (Å²) in [4.78, 5) is 12.4. The number of likely N-dealkylation sites (tertiary alicyclic amines) is 1. The first-order valence-electron chi connectivity index (χ1n) is 6.42. The normalized spacial score (nSPS) is 38.4. The second kappa shape index (κ2) is 5.23. The van der Waals surface area contributed by atoms with Crippen LogP contribution in [0.15, 0.2) is 0 Å². The first-order valence-corrected chi connectivity index (χ1v) is 6.42. The van der Waals surface area contributed by atoms with Gasteiger partial charge in [-0.05, 0) is 43.9 Å². The van der Waals surface area contributed by atoms with Gasteiger partial charge in [0.2, 0.25) is 0 Å². The van der Waals surface area contributed by atoms with Crippen LogP contribution in [0, 0.1) is 11.8 Å².